The second kappa shape index (κ2) is 8.74. The van der Waals surface area contributed by atoms with Gasteiger partial charge in [0.2, 0.25) is 0 Å². The van der Waals surface area contributed by atoms with Crippen molar-refractivity contribution in [2.24, 2.45) is 5.92 Å². The molecular weight excluding hydrogens is 350 g/mol. The maximum Gasteiger partial charge on any atom is 0.254 e. The summed E-state index contributed by atoms with van der Waals surface area (Å²) >= 11 is 0. The van der Waals surface area contributed by atoms with Crippen molar-refractivity contribution in [3.8, 4) is 0 Å². The number of piperazine rings is 1. The van der Waals surface area contributed by atoms with E-state index >= 15 is 0 Å². The van der Waals surface area contributed by atoms with Crippen molar-refractivity contribution in [2.75, 3.05) is 50.7 Å². The molecule has 0 aliphatic carbocycles. The first-order chi connectivity index (χ1) is 13.6. The largest absolute Gasteiger partial charge is 0.356 e. The third-order valence-electron chi connectivity index (χ3n) is 6.23. The molecule has 154 valence electrons. The molecule has 4 rings (SSSR count). The SMILES string of the molecule is CCCCN1CCN(Cc2nc3nc(C)cc(N4CCC(C)CC4)n3n2)CC1. The molecule has 0 unspecified atom stereocenters. The summed E-state index contributed by atoms with van der Waals surface area (Å²) in [7, 11) is 0. The molecule has 2 aliphatic rings. The average molecular weight is 386 g/mol. The van der Waals surface area contributed by atoms with Crippen molar-refractivity contribution in [3.05, 3.63) is 17.6 Å². The summed E-state index contributed by atoms with van der Waals surface area (Å²) in [4.78, 5) is 16.9. The van der Waals surface area contributed by atoms with Gasteiger partial charge < -0.3 is 9.80 Å². The zero-order chi connectivity index (χ0) is 19.5. The highest BCUT2D eigenvalue weighted by Crippen LogP contribution is 2.24. The van der Waals surface area contributed by atoms with Crippen molar-refractivity contribution in [1.82, 2.24) is 29.4 Å². The van der Waals surface area contributed by atoms with E-state index in [0.29, 0.717) is 0 Å². The van der Waals surface area contributed by atoms with E-state index in [1.165, 1.54) is 32.2 Å². The van der Waals surface area contributed by atoms with Gasteiger partial charge >= 0.3 is 0 Å². The summed E-state index contributed by atoms with van der Waals surface area (Å²) < 4.78 is 1.97. The van der Waals surface area contributed by atoms with E-state index in [4.69, 9.17) is 10.1 Å². The fraction of sp³-hybridized carbons (Fsp3) is 0.762. The van der Waals surface area contributed by atoms with Gasteiger partial charge in [0.15, 0.2) is 5.82 Å². The maximum absolute atomic E-state index is 4.86. The zero-order valence-electron chi connectivity index (χ0n) is 17.8. The summed E-state index contributed by atoms with van der Waals surface area (Å²) in [6.45, 7) is 15.4. The van der Waals surface area contributed by atoms with E-state index in [2.05, 4.69) is 46.5 Å². The lowest BCUT2D eigenvalue weighted by Crippen LogP contribution is -2.46. The van der Waals surface area contributed by atoms with Gasteiger partial charge in [-0.3, -0.25) is 4.90 Å². The Labute approximate surface area is 168 Å². The Morgan fingerprint density at radius 2 is 1.71 bits per heavy atom. The molecule has 0 saturated carbocycles. The number of hydrogen-bond acceptors (Lipinski definition) is 6. The summed E-state index contributed by atoms with van der Waals surface area (Å²) in [5.74, 6) is 3.60. The molecule has 2 aliphatic heterocycles. The van der Waals surface area contributed by atoms with Crippen LogP contribution in [0.15, 0.2) is 6.07 Å². The molecule has 2 aromatic heterocycles. The zero-order valence-corrected chi connectivity index (χ0v) is 17.8. The topological polar surface area (TPSA) is 52.8 Å². The number of nitrogens with zero attached hydrogens (tertiary/aromatic N) is 7. The van der Waals surface area contributed by atoms with Crippen LogP contribution in [0.3, 0.4) is 0 Å². The first-order valence-electron chi connectivity index (χ1n) is 11.1. The minimum absolute atomic E-state index is 0.741. The van der Waals surface area contributed by atoms with Crippen molar-refractivity contribution >= 4 is 11.6 Å². The Balaban J connectivity index is 1.45. The van der Waals surface area contributed by atoms with Gasteiger partial charge in [0.25, 0.3) is 5.78 Å². The molecule has 7 heteroatoms. The Morgan fingerprint density at radius 1 is 1.00 bits per heavy atom. The summed E-state index contributed by atoms with van der Waals surface area (Å²) in [5, 5.41) is 4.86. The number of unbranched alkanes of at least 4 members (excludes halogenated alkanes) is 1. The van der Waals surface area contributed by atoms with Gasteiger partial charge in [-0.1, -0.05) is 20.3 Å². The average Bonchev–Trinajstić information content (AvgIpc) is 3.09. The molecule has 0 aromatic carbocycles. The van der Waals surface area contributed by atoms with Crippen LogP contribution < -0.4 is 4.90 Å². The van der Waals surface area contributed by atoms with Gasteiger partial charge in [0.1, 0.15) is 5.82 Å². The van der Waals surface area contributed by atoms with E-state index in [-0.39, 0.29) is 0 Å². The van der Waals surface area contributed by atoms with Crippen LogP contribution in [0, 0.1) is 12.8 Å². The quantitative estimate of drug-likeness (QED) is 0.762. The van der Waals surface area contributed by atoms with Crippen LogP contribution in [0.5, 0.6) is 0 Å². The van der Waals surface area contributed by atoms with Gasteiger partial charge in [-0.25, -0.2) is 4.98 Å². The first kappa shape index (κ1) is 19.6. The molecular formula is C21H35N7. The van der Waals surface area contributed by atoms with Crippen molar-refractivity contribution in [3.63, 3.8) is 0 Å². The standard InChI is InChI=1S/C21H35N7/c1-4-5-8-25-11-13-26(14-12-25)16-19-23-21-22-18(3)15-20(28(21)24-19)27-9-6-17(2)7-10-27/h15,17H,4-14,16H2,1-3H3. The lowest BCUT2D eigenvalue weighted by Gasteiger charge is -2.34. The number of fused-ring (bicyclic) bond motifs is 1. The second-order valence-electron chi connectivity index (χ2n) is 8.64. The van der Waals surface area contributed by atoms with Crippen molar-refractivity contribution in [2.45, 2.75) is 53.0 Å². The second-order valence-corrected chi connectivity index (χ2v) is 8.64. The molecule has 2 aromatic rings. The minimum Gasteiger partial charge on any atom is -0.356 e. The minimum atomic E-state index is 0.741. The molecule has 0 spiro atoms. The normalized spacial score (nSPS) is 20.3. The Morgan fingerprint density at radius 3 is 2.43 bits per heavy atom. The Bertz CT molecular complexity index is 770. The first-order valence-corrected chi connectivity index (χ1v) is 11.1. The third-order valence-corrected chi connectivity index (χ3v) is 6.23. The van der Waals surface area contributed by atoms with Crippen LogP contribution in [0.2, 0.25) is 0 Å². The van der Waals surface area contributed by atoms with E-state index in [1.807, 2.05) is 4.52 Å². The molecule has 2 fully saturated rings. The summed E-state index contributed by atoms with van der Waals surface area (Å²) in [6.07, 6.45) is 5.06. The number of rotatable bonds is 6. The van der Waals surface area contributed by atoms with Gasteiger partial charge in [0, 0.05) is 51.0 Å². The van der Waals surface area contributed by atoms with Gasteiger partial charge in [-0.2, -0.15) is 9.50 Å². The lowest BCUT2D eigenvalue weighted by atomic mass is 9.99. The van der Waals surface area contributed by atoms with E-state index in [0.717, 1.165) is 74.8 Å². The van der Waals surface area contributed by atoms with E-state index in [1.54, 1.807) is 0 Å². The van der Waals surface area contributed by atoms with Crippen LogP contribution in [-0.4, -0.2) is 75.2 Å². The molecule has 4 heterocycles. The Kier molecular flexibility index (Phi) is 6.11. The van der Waals surface area contributed by atoms with Gasteiger partial charge in [-0.05, 0) is 38.6 Å². The highest BCUT2D eigenvalue weighted by Gasteiger charge is 2.22. The van der Waals surface area contributed by atoms with E-state index < -0.39 is 0 Å². The molecule has 0 N–H and O–H groups in total. The summed E-state index contributed by atoms with van der Waals surface area (Å²) in [6, 6.07) is 2.16. The molecule has 0 amide bonds. The number of aryl methyl sites for hydroxylation is 1. The predicted octanol–water partition coefficient (Wildman–Crippen LogP) is 2.59. The monoisotopic (exact) mass is 385 g/mol. The smallest absolute Gasteiger partial charge is 0.254 e. The highest BCUT2D eigenvalue weighted by atomic mass is 15.4. The molecule has 7 nitrogen and oxygen atoms in total. The van der Waals surface area contributed by atoms with Gasteiger partial charge in [-0.15, -0.1) is 5.10 Å². The van der Waals surface area contributed by atoms with Crippen LogP contribution >= 0.6 is 0 Å². The van der Waals surface area contributed by atoms with Crippen molar-refractivity contribution in [1.29, 1.82) is 0 Å². The molecule has 0 atom stereocenters. The molecule has 0 bridgehead atoms. The molecule has 28 heavy (non-hydrogen) atoms. The van der Waals surface area contributed by atoms with Crippen molar-refractivity contribution < 1.29 is 0 Å². The fourth-order valence-electron chi connectivity index (χ4n) is 4.29. The third kappa shape index (κ3) is 4.46. The summed E-state index contributed by atoms with van der Waals surface area (Å²) in [5.41, 5.74) is 1.02. The van der Waals surface area contributed by atoms with E-state index in [9.17, 15) is 0 Å². The van der Waals surface area contributed by atoms with Gasteiger partial charge in [0.05, 0.1) is 6.54 Å². The maximum atomic E-state index is 4.86. The fourth-order valence-corrected chi connectivity index (χ4v) is 4.29. The number of piperidine rings is 1. The van der Waals surface area contributed by atoms with Crippen LogP contribution in [0.1, 0.15) is 51.0 Å². The number of aromatic nitrogens is 4. The Hall–Kier alpha value is -1.73. The highest BCUT2D eigenvalue weighted by molar-refractivity contribution is 5.48. The van der Waals surface area contributed by atoms with Crippen LogP contribution in [-0.2, 0) is 6.54 Å². The number of anilines is 1. The van der Waals surface area contributed by atoms with Crippen LogP contribution in [0.25, 0.3) is 5.78 Å². The predicted molar refractivity (Wildman–Crippen MR) is 113 cm³/mol. The number of hydrogen-bond donors (Lipinski definition) is 0. The molecule has 2 saturated heterocycles. The lowest BCUT2D eigenvalue weighted by molar-refractivity contribution is 0.124. The van der Waals surface area contributed by atoms with Crippen LogP contribution in [0.4, 0.5) is 5.82 Å². The molecule has 0 radical (unpaired) electrons.